The van der Waals surface area contributed by atoms with Gasteiger partial charge in [0.15, 0.2) is 0 Å². The lowest BCUT2D eigenvalue weighted by Crippen LogP contribution is -1.93. The first-order chi connectivity index (χ1) is 7.83. The summed E-state index contributed by atoms with van der Waals surface area (Å²) < 4.78 is 0. The van der Waals surface area contributed by atoms with Crippen molar-refractivity contribution in [3.63, 3.8) is 0 Å². The molecule has 4 heteroatoms. The normalized spacial score (nSPS) is 10.8. The fourth-order valence-corrected chi connectivity index (χ4v) is 1.72. The average molecular weight is 210 g/mol. The van der Waals surface area contributed by atoms with Gasteiger partial charge in [-0.15, -0.1) is 0 Å². The molecule has 0 radical (unpaired) electrons. The minimum atomic E-state index is 0.298. The number of nitrogens with two attached hydrogens (primary N) is 1. The van der Waals surface area contributed by atoms with Gasteiger partial charge < -0.3 is 10.7 Å². The number of rotatable bonds is 1. The maximum Gasteiger partial charge on any atom is 0.219 e. The highest BCUT2D eigenvalue weighted by molar-refractivity contribution is 5.84. The van der Waals surface area contributed by atoms with Crippen molar-refractivity contribution in [1.29, 1.82) is 0 Å². The van der Waals surface area contributed by atoms with E-state index in [9.17, 15) is 0 Å². The molecule has 0 saturated heterocycles. The summed E-state index contributed by atoms with van der Waals surface area (Å²) in [5.74, 6) is 0.298. The third-order valence-corrected chi connectivity index (χ3v) is 2.56. The maximum absolute atomic E-state index is 5.45. The minimum Gasteiger partial charge on any atom is -0.368 e. The Hall–Kier alpha value is -2.36. The lowest BCUT2D eigenvalue weighted by atomic mass is 10.1. The molecule has 0 bridgehead atoms. The van der Waals surface area contributed by atoms with E-state index in [0.717, 1.165) is 16.6 Å². The zero-order valence-corrected chi connectivity index (χ0v) is 8.51. The second kappa shape index (κ2) is 3.34. The first-order valence-corrected chi connectivity index (χ1v) is 4.98. The van der Waals surface area contributed by atoms with Crippen molar-refractivity contribution < 1.29 is 0 Å². The molecule has 0 aliphatic rings. The third-order valence-electron chi connectivity index (χ3n) is 2.56. The number of aromatic amines is 1. The number of fused-ring (bicyclic) bond motifs is 1. The highest BCUT2D eigenvalue weighted by atomic mass is 15.0. The van der Waals surface area contributed by atoms with Crippen LogP contribution in [0.2, 0.25) is 0 Å². The number of hydrogen-bond donors (Lipinski definition) is 2. The number of hydrogen-bond acceptors (Lipinski definition) is 3. The second-order valence-corrected chi connectivity index (χ2v) is 3.61. The molecule has 0 amide bonds. The van der Waals surface area contributed by atoms with Crippen LogP contribution in [0.1, 0.15) is 0 Å². The van der Waals surface area contributed by atoms with Gasteiger partial charge in [0.25, 0.3) is 0 Å². The first kappa shape index (κ1) is 8.91. The monoisotopic (exact) mass is 210 g/mol. The van der Waals surface area contributed by atoms with Crippen LogP contribution in [0, 0.1) is 0 Å². The van der Waals surface area contributed by atoms with Gasteiger partial charge in [-0.1, -0.05) is 6.07 Å². The fraction of sp³-hybridized carbons (Fsp3) is 0. The Morgan fingerprint density at radius 2 is 1.81 bits per heavy atom. The molecule has 3 aromatic rings. The van der Waals surface area contributed by atoms with Crippen LogP contribution < -0.4 is 5.73 Å². The van der Waals surface area contributed by atoms with Crippen LogP contribution in [0.3, 0.4) is 0 Å². The maximum atomic E-state index is 5.45. The number of aromatic nitrogens is 3. The van der Waals surface area contributed by atoms with E-state index in [1.54, 1.807) is 12.4 Å². The average Bonchev–Trinajstić information content (AvgIpc) is 2.77. The van der Waals surface area contributed by atoms with Crippen LogP contribution in [0.5, 0.6) is 0 Å². The Morgan fingerprint density at radius 3 is 2.62 bits per heavy atom. The lowest BCUT2D eigenvalue weighted by molar-refractivity contribution is 1.19. The van der Waals surface area contributed by atoms with Gasteiger partial charge in [0, 0.05) is 29.7 Å². The summed E-state index contributed by atoms with van der Waals surface area (Å²) in [7, 11) is 0. The van der Waals surface area contributed by atoms with Crippen molar-refractivity contribution >= 4 is 16.9 Å². The summed E-state index contributed by atoms with van der Waals surface area (Å²) in [6, 6.07) is 8.21. The van der Waals surface area contributed by atoms with E-state index in [0.29, 0.717) is 5.95 Å². The number of nitrogen functional groups attached to an aromatic ring is 1. The van der Waals surface area contributed by atoms with Gasteiger partial charge in [0.1, 0.15) is 0 Å². The summed E-state index contributed by atoms with van der Waals surface area (Å²) in [5.41, 5.74) is 8.64. The van der Waals surface area contributed by atoms with Gasteiger partial charge in [0.05, 0.1) is 0 Å². The van der Waals surface area contributed by atoms with Crippen LogP contribution in [-0.2, 0) is 0 Å². The molecule has 2 aromatic heterocycles. The van der Waals surface area contributed by atoms with Crippen LogP contribution in [0.15, 0.2) is 42.9 Å². The summed E-state index contributed by atoms with van der Waals surface area (Å²) in [6.45, 7) is 0. The SMILES string of the molecule is Nc1ncc(-c2ccc3[nH]ccc3c2)cn1. The topological polar surface area (TPSA) is 67.6 Å². The molecule has 3 rings (SSSR count). The number of nitrogens with one attached hydrogen (secondary N) is 1. The van der Waals surface area contributed by atoms with Gasteiger partial charge in [-0.25, -0.2) is 9.97 Å². The fourth-order valence-electron chi connectivity index (χ4n) is 1.72. The number of H-pyrrole nitrogens is 1. The van der Waals surface area contributed by atoms with E-state index in [2.05, 4.69) is 21.0 Å². The molecule has 78 valence electrons. The molecule has 4 nitrogen and oxygen atoms in total. The highest BCUT2D eigenvalue weighted by Crippen LogP contribution is 2.22. The number of nitrogens with zero attached hydrogens (tertiary/aromatic N) is 2. The van der Waals surface area contributed by atoms with Crippen LogP contribution in [-0.4, -0.2) is 15.0 Å². The van der Waals surface area contributed by atoms with Crippen molar-refractivity contribution in [3.8, 4) is 11.1 Å². The quantitative estimate of drug-likeness (QED) is 0.647. The first-order valence-electron chi connectivity index (χ1n) is 4.98. The summed E-state index contributed by atoms with van der Waals surface area (Å²) in [4.78, 5) is 11.1. The molecule has 2 heterocycles. The third kappa shape index (κ3) is 1.40. The summed E-state index contributed by atoms with van der Waals surface area (Å²) in [6.07, 6.45) is 5.39. The van der Waals surface area contributed by atoms with E-state index in [4.69, 9.17) is 5.73 Å². The van der Waals surface area contributed by atoms with Crippen molar-refractivity contribution in [1.82, 2.24) is 15.0 Å². The van der Waals surface area contributed by atoms with Crippen LogP contribution in [0.25, 0.3) is 22.0 Å². The lowest BCUT2D eigenvalue weighted by Gasteiger charge is -2.01. The zero-order chi connectivity index (χ0) is 11.0. The van der Waals surface area contributed by atoms with Gasteiger partial charge in [0.2, 0.25) is 5.95 Å². The van der Waals surface area contributed by atoms with Crippen LogP contribution >= 0.6 is 0 Å². The van der Waals surface area contributed by atoms with Gasteiger partial charge >= 0.3 is 0 Å². The molecular weight excluding hydrogens is 200 g/mol. The Bertz CT molecular complexity index is 625. The van der Waals surface area contributed by atoms with E-state index < -0.39 is 0 Å². The predicted octanol–water partition coefficient (Wildman–Crippen LogP) is 2.21. The molecule has 1 aromatic carbocycles. The van der Waals surface area contributed by atoms with Crippen molar-refractivity contribution in [2.45, 2.75) is 0 Å². The Morgan fingerprint density at radius 1 is 1.00 bits per heavy atom. The van der Waals surface area contributed by atoms with Crippen molar-refractivity contribution in [3.05, 3.63) is 42.9 Å². The zero-order valence-electron chi connectivity index (χ0n) is 8.51. The van der Waals surface area contributed by atoms with Gasteiger partial charge in [-0.2, -0.15) is 0 Å². The van der Waals surface area contributed by atoms with E-state index in [1.807, 2.05) is 24.4 Å². The summed E-state index contributed by atoms with van der Waals surface area (Å²) in [5, 5.41) is 1.18. The molecule has 0 aliphatic carbocycles. The van der Waals surface area contributed by atoms with Crippen molar-refractivity contribution in [2.24, 2.45) is 0 Å². The van der Waals surface area contributed by atoms with E-state index >= 15 is 0 Å². The summed E-state index contributed by atoms with van der Waals surface area (Å²) >= 11 is 0. The van der Waals surface area contributed by atoms with Crippen LogP contribution in [0.4, 0.5) is 5.95 Å². The Balaban J connectivity index is 2.14. The van der Waals surface area contributed by atoms with Crippen molar-refractivity contribution in [2.75, 3.05) is 5.73 Å². The molecule has 0 atom stereocenters. The van der Waals surface area contributed by atoms with Gasteiger partial charge in [-0.05, 0) is 29.1 Å². The Kier molecular flexibility index (Phi) is 1.86. The van der Waals surface area contributed by atoms with E-state index in [1.165, 1.54) is 5.39 Å². The highest BCUT2D eigenvalue weighted by Gasteiger charge is 2.01. The Labute approximate surface area is 92.2 Å². The molecular formula is C12H10N4. The van der Waals surface area contributed by atoms with Gasteiger partial charge in [-0.3, -0.25) is 0 Å². The standard InChI is InChI=1S/C12H10N4/c13-12-15-6-10(7-16-12)8-1-2-11-9(5-8)3-4-14-11/h1-7,14H,(H2,13,15,16). The predicted molar refractivity (Wildman–Crippen MR) is 63.7 cm³/mol. The largest absolute Gasteiger partial charge is 0.368 e. The molecule has 0 saturated carbocycles. The molecule has 3 N–H and O–H groups in total. The smallest absolute Gasteiger partial charge is 0.219 e. The molecule has 0 spiro atoms. The molecule has 0 fully saturated rings. The van der Waals surface area contributed by atoms with E-state index in [-0.39, 0.29) is 0 Å². The minimum absolute atomic E-state index is 0.298. The number of anilines is 1. The molecule has 0 aliphatic heterocycles. The molecule has 16 heavy (non-hydrogen) atoms. The number of benzene rings is 1. The second-order valence-electron chi connectivity index (χ2n) is 3.61. The molecule has 0 unspecified atom stereocenters.